The van der Waals surface area contributed by atoms with Gasteiger partial charge in [0, 0.05) is 42.7 Å². The maximum Gasteiger partial charge on any atom is 0.247 e. The van der Waals surface area contributed by atoms with E-state index in [4.69, 9.17) is 4.74 Å². The first-order chi connectivity index (χ1) is 12.7. The Bertz CT molecular complexity index is 967. The number of carbonyl (C=O) groups is 1. The second-order valence-corrected chi connectivity index (χ2v) is 5.84. The van der Waals surface area contributed by atoms with Gasteiger partial charge in [-0.05, 0) is 41.5 Å². The van der Waals surface area contributed by atoms with Gasteiger partial charge < -0.3 is 15.4 Å². The molecule has 0 aliphatic rings. The van der Waals surface area contributed by atoms with Gasteiger partial charge in [-0.3, -0.25) is 9.78 Å². The molecule has 26 heavy (non-hydrogen) atoms. The van der Waals surface area contributed by atoms with E-state index >= 15 is 0 Å². The van der Waals surface area contributed by atoms with Gasteiger partial charge in [0.05, 0.1) is 12.1 Å². The van der Waals surface area contributed by atoms with Gasteiger partial charge >= 0.3 is 0 Å². The number of hydrogen-bond donors (Lipinski definition) is 2. The van der Waals surface area contributed by atoms with Crippen molar-refractivity contribution >= 4 is 28.2 Å². The van der Waals surface area contributed by atoms with Crippen molar-refractivity contribution in [3.8, 4) is 11.1 Å². The molecule has 0 aliphatic carbocycles. The number of nitrogens with zero attached hydrogens (tertiary/aromatic N) is 1. The lowest BCUT2D eigenvalue weighted by Crippen LogP contribution is -2.10. The summed E-state index contributed by atoms with van der Waals surface area (Å²) >= 11 is 0. The molecule has 0 saturated carbocycles. The third kappa shape index (κ3) is 3.58. The molecule has 5 heteroatoms. The van der Waals surface area contributed by atoms with Crippen LogP contribution < -0.4 is 10.6 Å². The Morgan fingerprint density at radius 3 is 2.65 bits per heavy atom. The molecule has 1 amide bonds. The molecule has 2 aromatic carbocycles. The van der Waals surface area contributed by atoms with Crippen LogP contribution in [0.25, 0.3) is 22.0 Å². The van der Waals surface area contributed by atoms with E-state index in [1.807, 2.05) is 43.4 Å². The van der Waals surface area contributed by atoms with E-state index in [1.54, 1.807) is 13.3 Å². The number of aromatic nitrogens is 1. The SMILES string of the molecule is C=CC(=O)Nc1cc(-c2ccc3nccc(NC)c3c2)ccc1COC. The molecule has 0 atom stereocenters. The molecular weight excluding hydrogens is 326 g/mol. The zero-order valence-corrected chi connectivity index (χ0v) is 14.9. The monoisotopic (exact) mass is 347 g/mol. The van der Waals surface area contributed by atoms with E-state index < -0.39 is 0 Å². The molecule has 2 N–H and O–H groups in total. The third-order valence-corrected chi connectivity index (χ3v) is 4.20. The lowest BCUT2D eigenvalue weighted by Gasteiger charge is -2.13. The summed E-state index contributed by atoms with van der Waals surface area (Å²) in [5.41, 5.74) is 5.61. The van der Waals surface area contributed by atoms with Gasteiger partial charge in [0.1, 0.15) is 0 Å². The van der Waals surface area contributed by atoms with Gasteiger partial charge in [-0.15, -0.1) is 0 Å². The van der Waals surface area contributed by atoms with E-state index in [0.29, 0.717) is 6.61 Å². The minimum Gasteiger partial charge on any atom is -0.388 e. The van der Waals surface area contributed by atoms with Crippen molar-refractivity contribution in [3.05, 3.63) is 66.9 Å². The maximum atomic E-state index is 11.8. The van der Waals surface area contributed by atoms with Crippen LogP contribution >= 0.6 is 0 Å². The highest BCUT2D eigenvalue weighted by molar-refractivity contribution is 6.00. The second kappa shape index (κ2) is 7.80. The quantitative estimate of drug-likeness (QED) is 0.656. The number of amides is 1. The Hall–Kier alpha value is -3.18. The number of fused-ring (bicyclic) bond motifs is 1. The molecule has 3 aromatic rings. The second-order valence-electron chi connectivity index (χ2n) is 5.84. The molecule has 0 saturated heterocycles. The first-order valence-electron chi connectivity index (χ1n) is 8.28. The fourth-order valence-corrected chi connectivity index (χ4v) is 2.88. The highest BCUT2D eigenvalue weighted by Gasteiger charge is 2.09. The zero-order chi connectivity index (χ0) is 18.5. The highest BCUT2D eigenvalue weighted by atomic mass is 16.5. The summed E-state index contributed by atoms with van der Waals surface area (Å²) in [4.78, 5) is 16.2. The first kappa shape index (κ1) is 17.6. The Morgan fingerprint density at radius 1 is 1.15 bits per heavy atom. The van der Waals surface area contributed by atoms with Crippen LogP contribution in [0, 0.1) is 0 Å². The summed E-state index contributed by atoms with van der Waals surface area (Å²) in [6, 6.07) is 14.0. The standard InChI is InChI=1S/C21H21N3O2/c1-4-21(25)24-20-12-15(5-6-16(20)13-26-3)14-7-8-19-17(11-14)18(22-2)9-10-23-19/h4-12H,1,13H2,2-3H3,(H,22,23)(H,24,25). The van der Waals surface area contributed by atoms with E-state index in [2.05, 4.69) is 28.3 Å². The van der Waals surface area contributed by atoms with E-state index in [-0.39, 0.29) is 5.91 Å². The first-order valence-corrected chi connectivity index (χ1v) is 8.28. The van der Waals surface area contributed by atoms with E-state index in [0.717, 1.165) is 39.0 Å². The Morgan fingerprint density at radius 2 is 1.92 bits per heavy atom. The van der Waals surface area contributed by atoms with Crippen molar-refractivity contribution in [3.63, 3.8) is 0 Å². The fourth-order valence-electron chi connectivity index (χ4n) is 2.88. The summed E-state index contributed by atoms with van der Waals surface area (Å²) < 4.78 is 5.22. The average Bonchev–Trinajstić information content (AvgIpc) is 2.68. The topological polar surface area (TPSA) is 63.2 Å². The van der Waals surface area contributed by atoms with Gasteiger partial charge in [0.2, 0.25) is 5.91 Å². The number of pyridine rings is 1. The predicted molar refractivity (Wildman–Crippen MR) is 106 cm³/mol. The Labute approximate surface area is 152 Å². The van der Waals surface area contributed by atoms with Gasteiger partial charge in [-0.2, -0.15) is 0 Å². The molecule has 0 aliphatic heterocycles. The largest absolute Gasteiger partial charge is 0.388 e. The predicted octanol–water partition coefficient (Wildman–Crippen LogP) is 4.21. The van der Waals surface area contributed by atoms with E-state index in [9.17, 15) is 4.79 Å². The molecule has 1 heterocycles. The number of hydrogen-bond acceptors (Lipinski definition) is 4. The van der Waals surface area contributed by atoms with Crippen molar-refractivity contribution in [2.24, 2.45) is 0 Å². The van der Waals surface area contributed by atoms with Crippen molar-refractivity contribution in [2.75, 3.05) is 24.8 Å². The van der Waals surface area contributed by atoms with Crippen molar-refractivity contribution in [2.45, 2.75) is 6.61 Å². The minimum absolute atomic E-state index is 0.250. The van der Waals surface area contributed by atoms with Crippen molar-refractivity contribution < 1.29 is 9.53 Å². The van der Waals surface area contributed by atoms with E-state index in [1.165, 1.54) is 6.08 Å². The summed E-state index contributed by atoms with van der Waals surface area (Å²) in [5.74, 6) is -0.250. The zero-order valence-electron chi connectivity index (χ0n) is 14.9. The van der Waals surface area contributed by atoms with Crippen LogP contribution in [0.3, 0.4) is 0 Å². The summed E-state index contributed by atoms with van der Waals surface area (Å²) in [6.07, 6.45) is 3.04. The third-order valence-electron chi connectivity index (χ3n) is 4.20. The molecule has 0 bridgehead atoms. The number of methoxy groups -OCH3 is 1. The maximum absolute atomic E-state index is 11.8. The number of rotatable bonds is 6. The fraction of sp³-hybridized carbons (Fsp3) is 0.143. The number of benzene rings is 2. The molecular formula is C21H21N3O2. The minimum atomic E-state index is -0.250. The summed E-state index contributed by atoms with van der Waals surface area (Å²) in [5, 5.41) is 7.09. The smallest absolute Gasteiger partial charge is 0.247 e. The molecule has 5 nitrogen and oxygen atoms in total. The molecule has 1 aromatic heterocycles. The van der Waals surface area contributed by atoms with Crippen LogP contribution in [0.1, 0.15) is 5.56 Å². The normalized spacial score (nSPS) is 10.5. The molecule has 132 valence electrons. The Kier molecular flexibility index (Phi) is 5.29. The lowest BCUT2D eigenvalue weighted by molar-refractivity contribution is -0.111. The molecule has 3 rings (SSSR count). The van der Waals surface area contributed by atoms with Crippen molar-refractivity contribution in [1.29, 1.82) is 0 Å². The lowest BCUT2D eigenvalue weighted by atomic mass is 10.00. The van der Waals surface area contributed by atoms with Gasteiger partial charge in [-0.1, -0.05) is 24.8 Å². The molecule has 0 fully saturated rings. The Balaban J connectivity index is 2.08. The molecule has 0 unspecified atom stereocenters. The number of ether oxygens (including phenoxy) is 1. The van der Waals surface area contributed by atoms with Crippen LogP contribution in [-0.4, -0.2) is 25.0 Å². The highest BCUT2D eigenvalue weighted by Crippen LogP contribution is 2.30. The van der Waals surface area contributed by atoms with Crippen LogP contribution in [0.2, 0.25) is 0 Å². The van der Waals surface area contributed by atoms with Crippen LogP contribution in [0.4, 0.5) is 11.4 Å². The molecule has 0 spiro atoms. The average molecular weight is 347 g/mol. The van der Waals surface area contributed by atoms with Crippen molar-refractivity contribution in [1.82, 2.24) is 4.98 Å². The summed E-state index contributed by atoms with van der Waals surface area (Å²) in [6.45, 7) is 3.92. The number of nitrogens with one attached hydrogen (secondary N) is 2. The van der Waals surface area contributed by atoms with Crippen LogP contribution in [0.5, 0.6) is 0 Å². The van der Waals surface area contributed by atoms with Gasteiger partial charge in [0.25, 0.3) is 0 Å². The van der Waals surface area contributed by atoms with Gasteiger partial charge in [-0.25, -0.2) is 0 Å². The van der Waals surface area contributed by atoms with Gasteiger partial charge in [0.15, 0.2) is 0 Å². The van der Waals surface area contributed by atoms with Crippen LogP contribution in [0.15, 0.2) is 61.3 Å². The van der Waals surface area contributed by atoms with Crippen LogP contribution in [-0.2, 0) is 16.1 Å². The number of anilines is 2. The summed E-state index contributed by atoms with van der Waals surface area (Å²) in [7, 11) is 3.52. The molecule has 0 radical (unpaired) electrons. The number of carbonyl (C=O) groups excluding carboxylic acids is 1.